The van der Waals surface area contributed by atoms with E-state index in [0.29, 0.717) is 5.95 Å². The van der Waals surface area contributed by atoms with E-state index in [1.165, 1.54) is 24.8 Å². The molecule has 4 rings (SSSR count). The summed E-state index contributed by atoms with van der Waals surface area (Å²) in [4.78, 5) is 9.44. The van der Waals surface area contributed by atoms with Crippen molar-refractivity contribution in [2.24, 2.45) is 0 Å². The Morgan fingerprint density at radius 3 is 2.21 bits per heavy atom. The van der Waals surface area contributed by atoms with E-state index >= 15 is 0 Å². The second-order valence-corrected chi connectivity index (χ2v) is 8.58. The van der Waals surface area contributed by atoms with E-state index in [2.05, 4.69) is 67.8 Å². The molecule has 1 aliphatic rings. The van der Waals surface area contributed by atoms with Crippen molar-refractivity contribution in [2.75, 3.05) is 10.6 Å². The Morgan fingerprint density at radius 2 is 1.61 bits per heavy atom. The standard InChI is InChI=1S/C24H28N4/c1-24(2,3)28-22-16-21(19-8-5-4-6-9-19)26-23(27-22)25-20-14-12-18(13-15-20)17-10-7-11-17/h4-6,8-9,12-17H,7,10-11H2,1-3H3,(H2,25,26,27,28). The summed E-state index contributed by atoms with van der Waals surface area (Å²) in [6.07, 6.45) is 3.99. The topological polar surface area (TPSA) is 49.8 Å². The van der Waals surface area contributed by atoms with Gasteiger partial charge in [0.15, 0.2) is 0 Å². The molecule has 3 aromatic rings. The first-order chi connectivity index (χ1) is 13.5. The summed E-state index contributed by atoms with van der Waals surface area (Å²) in [5, 5.41) is 6.85. The Hall–Kier alpha value is -2.88. The molecule has 0 bridgehead atoms. The first kappa shape index (κ1) is 18.5. The summed E-state index contributed by atoms with van der Waals surface area (Å²) in [5.74, 6) is 2.16. The van der Waals surface area contributed by atoms with Gasteiger partial charge in [0.2, 0.25) is 5.95 Å². The monoisotopic (exact) mass is 372 g/mol. The number of hydrogen-bond donors (Lipinski definition) is 2. The van der Waals surface area contributed by atoms with Crippen LogP contribution in [0.25, 0.3) is 11.3 Å². The second-order valence-electron chi connectivity index (χ2n) is 8.58. The van der Waals surface area contributed by atoms with E-state index in [0.717, 1.165) is 28.7 Å². The summed E-state index contributed by atoms with van der Waals surface area (Å²) in [7, 11) is 0. The predicted octanol–water partition coefficient (Wildman–Crippen LogP) is 6.37. The number of aromatic nitrogens is 2. The molecule has 0 unspecified atom stereocenters. The Morgan fingerprint density at radius 1 is 0.893 bits per heavy atom. The van der Waals surface area contributed by atoms with Crippen LogP contribution in [-0.2, 0) is 0 Å². The molecule has 1 aromatic heterocycles. The van der Waals surface area contributed by atoms with Crippen molar-refractivity contribution < 1.29 is 0 Å². The molecule has 4 nitrogen and oxygen atoms in total. The maximum absolute atomic E-state index is 4.75. The summed E-state index contributed by atoms with van der Waals surface area (Å²) >= 11 is 0. The van der Waals surface area contributed by atoms with Crippen LogP contribution in [0.3, 0.4) is 0 Å². The molecule has 28 heavy (non-hydrogen) atoms. The van der Waals surface area contributed by atoms with Gasteiger partial charge in [-0.1, -0.05) is 48.9 Å². The molecule has 1 saturated carbocycles. The van der Waals surface area contributed by atoms with Crippen molar-refractivity contribution in [3.8, 4) is 11.3 Å². The molecule has 0 saturated heterocycles. The number of benzene rings is 2. The van der Waals surface area contributed by atoms with Gasteiger partial charge in [0.05, 0.1) is 5.69 Å². The molecule has 0 amide bonds. The van der Waals surface area contributed by atoms with E-state index in [1.807, 2.05) is 24.3 Å². The predicted molar refractivity (Wildman–Crippen MR) is 117 cm³/mol. The third-order valence-corrected chi connectivity index (χ3v) is 5.04. The maximum Gasteiger partial charge on any atom is 0.229 e. The quantitative estimate of drug-likeness (QED) is 0.547. The normalized spacial score (nSPS) is 14.4. The number of anilines is 3. The number of hydrogen-bond acceptors (Lipinski definition) is 4. The van der Waals surface area contributed by atoms with Gasteiger partial charge in [0, 0.05) is 22.9 Å². The van der Waals surface area contributed by atoms with Crippen LogP contribution in [0.15, 0.2) is 60.7 Å². The zero-order valence-electron chi connectivity index (χ0n) is 16.9. The Labute approximate surface area is 167 Å². The molecule has 0 radical (unpaired) electrons. The summed E-state index contributed by atoms with van der Waals surface area (Å²) in [6, 6.07) is 20.9. The molecule has 1 aliphatic carbocycles. The first-order valence-corrected chi connectivity index (χ1v) is 10.1. The Kier molecular flexibility index (Phi) is 5.03. The van der Waals surface area contributed by atoms with Crippen LogP contribution in [0.5, 0.6) is 0 Å². The zero-order chi connectivity index (χ0) is 19.6. The van der Waals surface area contributed by atoms with Gasteiger partial charge < -0.3 is 10.6 Å². The molecule has 2 aromatic carbocycles. The van der Waals surface area contributed by atoms with E-state index in [1.54, 1.807) is 0 Å². The Bertz CT molecular complexity index is 923. The highest BCUT2D eigenvalue weighted by atomic mass is 15.2. The molecule has 0 aliphatic heterocycles. The van der Waals surface area contributed by atoms with E-state index in [-0.39, 0.29) is 5.54 Å². The molecule has 0 atom stereocenters. The lowest BCUT2D eigenvalue weighted by Gasteiger charge is -2.25. The lowest BCUT2D eigenvalue weighted by Crippen LogP contribution is -2.26. The van der Waals surface area contributed by atoms with Crippen molar-refractivity contribution in [3.05, 3.63) is 66.2 Å². The first-order valence-electron chi connectivity index (χ1n) is 10.1. The summed E-state index contributed by atoms with van der Waals surface area (Å²) in [5.41, 5.74) is 4.34. The van der Waals surface area contributed by atoms with Crippen molar-refractivity contribution in [3.63, 3.8) is 0 Å². The largest absolute Gasteiger partial charge is 0.365 e. The summed E-state index contributed by atoms with van der Waals surface area (Å²) < 4.78 is 0. The van der Waals surface area contributed by atoms with Gasteiger partial charge in [-0.2, -0.15) is 4.98 Å². The highest BCUT2D eigenvalue weighted by molar-refractivity contribution is 5.66. The average molecular weight is 373 g/mol. The fraction of sp³-hybridized carbons (Fsp3) is 0.333. The minimum atomic E-state index is -0.0794. The molecule has 144 valence electrons. The van der Waals surface area contributed by atoms with E-state index in [9.17, 15) is 0 Å². The van der Waals surface area contributed by atoms with Gasteiger partial charge in [0.1, 0.15) is 5.82 Å². The van der Waals surface area contributed by atoms with Crippen molar-refractivity contribution in [1.29, 1.82) is 0 Å². The number of nitrogens with one attached hydrogen (secondary N) is 2. The Balaban J connectivity index is 1.62. The van der Waals surface area contributed by atoms with Crippen LogP contribution < -0.4 is 10.6 Å². The molecule has 2 N–H and O–H groups in total. The smallest absolute Gasteiger partial charge is 0.229 e. The van der Waals surface area contributed by atoms with Gasteiger partial charge >= 0.3 is 0 Å². The molecular weight excluding hydrogens is 344 g/mol. The van der Waals surface area contributed by atoms with Crippen LogP contribution in [0.1, 0.15) is 51.5 Å². The summed E-state index contributed by atoms with van der Waals surface area (Å²) in [6.45, 7) is 6.39. The molecule has 0 spiro atoms. The van der Waals surface area contributed by atoms with Crippen molar-refractivity contribution >= 4 is 17.5 Å². The third kappa shape index (κ3) is 4.50. The van der Waals surface area contributed by atoms with Gasteiger partial charge in [-0.05, 0) is 57.2 Å². The average Bonchev–Trinajstić information content (AvgIpc) is 2.61. The number of nitrogens with zero attached hydrogens (tertiary/aromatic N) is 2. The fourth-order valence-electron chi connectivity index (χ4n) is 3.42. The molecule has 1 fully saturated rings. The molecular formula is C24H28N4. The SMILES string of the molecule is CC(C)(C)Nc1cc(-c2ccccc2)nc(Nc2ccc(C3CCC3)cc2)n1. The van der Waals surface area contributed by atoms with Crippen LogP contribution in [0.2, 0.25) is 0 Å². The van der Waals surface area contributed by atoms with Crippen LogP contribution in [0.4, 0.5) is 17.5 Å². The third-order valence-electron chi connectivity index (χ3n) is 5.04. The maximum atomic E-state index is 4.75. The van der Waals surface area contributed by atoms with E-state index < -0.39 is 0 Å². The lowest BCUT2D eigenvalue weighted by atomic mass is 9.80. The van der Waals surface area contributed by atoms with E-state index in [4.69, 9.17) is 9.97 Å². The van der Waals surface area contributed by atoms with Crippen LogP contribution in [-0.4, -0.2) is 15.5 Å². The second kappa shape index (κ2) is 7.63. The van der Waals surface area contributed by atoms with Crippen LogP contribution in [0, 0.1) is 0 Å². The molecule has 4 heteroatoms. The van der Waals surface area contributed by atoms with Crippen LogP contribution >= 0.6 is 0 Å². The minimum absolute atomic E-state index is 0.0794. The lowest BCUT2D eigenvalue weighted by molar-refractivity contribution is 0.420. The zero-order valence-corrected chi connectivity index (χ0v) is 16.9. The fourth-order valence-corrected chi connectivity index (χ4v) is 3.42. The van der Waals surface area contributed by atoms with Crippen molar-refractivity contribution in [2.45, 2.75) is 51.5 Å². The minimum Gasteiger partial charge on any atom is -0.365 e. The van der Waals surface area contributed by atoms with Crippen molar-refractivity contribution in [1.82, 2.24) is 9.97 Å². The molecule has 1 heterocycles. The van der Waals surface area contributed by atoms with Gasteiger partial charge in [-0.25, -0.2) is 4.98 Å². The van der Waals surface area contributed by atoms with Gasteiger partial charge in [-0.15, -0.1) is 0 Å². The highest BCUT2D eigenvalue weighted by Crippen LogP contribution is 2.36. The van der Waals surface area contributed by atoms with Gasteiger partial charge in [-0.3, -0.25) is 0 Å². The highest BCUT2D eigenvalue weighted by Gasteiger charge is 2.19. The number of rotatable bonds is 5. The van der Waals surface area contributed by atoms with Gasteiger partial charge in [0.25, 0.3) is 0 Å².